The van der Waals surface area contributed by atoms with E-state index in [1.165, 1.54) is 44.2 Å². The molecular weight excluding hydrogens is 537 g/mol. The molecule has 0 heterocycles. The minimum atomic E-state index is -2.73. The molecule has 0 amide bonds. The summed E-state index contributed by atoms with van der Waals surface area (Å²) in [6.07, 6.45) is 0. The number of allylic oxidation sites excluding steroid dienone is 4. The number of rotatable bonds is 5. The average Bonchev–Trinajstić information content (AvgIpc) is 3.05. The zero-order valence-corrected chi connectivity index (χ0v) is 31.4. The predicted molar refractivity (Wildman–Crippen MR) is 194 cm³/mol. The van der Waals surface area contributed by atoms with Crippen molar-refractivity contribution in [2.75, 3.05) is 0 Å². The average molecular weight is 593 g/mol. The maximum Gasteiger partial charge on any atom is 0.176 e. The SMILES string of the molecule is CC1=C(C)C(C)C([Si](c2cc(C)cc(C)c2)(c2cc(C(C)(C)C)cc(C(C)(C)C)c2)c2cccc([Si](C)(C)C)c2)=C1C. The molecule has 0 spiro atoms. The van der Waals surface area contributed by atoms with Gasteiger partial charge in [0.25, 0.3) is 0 Å². The number of aryl methyl sites for hydroxylation is 2. The first-order valence-corrected chi connectivity index (χ1v) is 21.4. The third kappa shape index (κ3) is 5.74. The monoisotopic (exact) mass is 592 g/mol. The van der Waals surface area contributed by atoms with Gasteiger partial charge in [0, 0.05) is 0 Å². The van der Waals surface area contributed by atoms with Crippen LogP contribution in [0, 0.1) is 19.8 Å². The van der Waals surface area contributed by atoms with E-state index in [4.69, 9.17) is 0 Å². The van der Waals surface area contributed by atoms with Gasteiger partial charge in [-0.3, -0.25) is 0 Å². The molecule has 224 valence electrons. The van der Waals surface area contributed by atoms with Gasteiger partial charge >= 0.3 is 0 Å². The summed E-state index contributed by atoms with van der Waals surface area (Å²) in [5, 5.41) is 7.85. The standard InChI is InChI=1S/C40H56Si2/c1-26-19-27(2)21-36(20-26)42(38-30(5)28(3)29(4)31(38)6,35-18-16-17-34(25-35)41(13,14)15)37-23-32(39(7,8)9)22-33(24-37)40(10,11)12/h16-25,30H,1-15H3. The molecule has 3 aromatic carbocycles. The fourth-order valence-electron chi connectivity index (χ4n) is 7.06. The van der Waals surface area contributed by atoms with Gasteiger partial charge in [0.05, 0.1) is 8.07 Å². The Bertz CT molecular complexity index is 1520. The van der Waals surface area contributed by atoms with Crippen molar-refractivity contribution in [1.82, 2.24) is 0 Å². The molecule has 0 aliphatic heterocycles. The normalized spacial score (nSPS) is 18.1. The van der Waals surface area contributed by atoms with E-state index in [1.807, 2.05) is 0 Å². The molecule has 4 rings (SSSR count). The van der Waals surface area contributed by atoms with E-state index in [2.05, 4.69) is 163 Å². The van der Waals surface area contributed by atoms with Gasteiger partial charge in [0.2, 0.25) is 0 Å². The minimum Gasteiger partial charge on any atom is -0.0656 e. The van der Waals surface area contributed by atoms with Gasteiger partial charge in [0.1, 0.15) is 0 Å². The van der Waals surface area contributed by atoms with Crippen molar-refractivity contribution in [3.05, 3.63) is 105 Å². The van der Waals surface area contributed by atoms with Crippen LogP contribution in [-0.4, -0.2) is 16.1 Å². The molecule has 0 N–H and O–H groups in total. The van der Waals surface area contributed by atoms with Crippen molar-refractivity contribution in [2.45, 2.75) is 114 Å². The topological polar surface area (TPSA) is 0 Å². The van der Waals surface area contributed by atoms with Gasteiger partial charge in [-0.15, -0.1) is 0 Å². The molecule has 42 heavy (non-hydrogen) atoms. The molecule has 2 heteroatoms. The third-order valence-corrected chi connectivity index (χ3v) is 17.1. The Labute approximate surface area is 260 Å². The van der Waals surface area contributed by atoms with E-state index < -0.39 is 16.1 Å². The second kappa shape index (κ2) is 10.9. The molecule has 2 unspecified atom stereocenters. The number of hydrogen-bond donors (Lipinski definition) is 0. The van der Waals surface area contributed by atoms with Crippen molar-refractivity contribution < 1.29 is 0 Å². The molecule has 0 aromatic heterocycles. The van der Waals surface area contributed by atoms with Crippen molar-refractivity contribution in [3.63, 3.8) is 0 Å². The van der Waals surface area contributed by atoms with E-state index >= 15 is 0 Å². The zero-order chi connectivity index (χ0) is 31.6. The molecule has 1 aliphatic rings. The van der Waals surface area contributed by atoms with E-state index in [0.29, 0.717) is 5.92 Å². The van der Waals surface area contributed by atoms with Gasteiger partial charge in [-0.1, -0.05) is 161 Å². The lowest BCUT2D eigenvalue weighted by Crippen LogP contribution is -2.70. The molecule has 0 nitrogen and oxygen atoms in total. The van der Waals surface area contributed by atoms with Crippen LogP contribution in [0.4, 0.5) is 0 Å². The molecule has 0 bridgehead atoms. The zero-order valence-electron chi connectivity index (χ0n) is 29.4. The maximum absolute atomic E-state index is 2.73. The second-order valence-electron chi connectivity index (χ2n) is 16.3. The second-order valence-corrected chi connectivity index (χ2v) is 25.2. The Balaban J connectivity index is 2.34. The Morgan fingerprint density at radius 3 is 1.45 bits per heavy atom. The number of hydrogen-bond acceptors (Lipinski definition) is 0. The van der Waals surface area contributed by atoms with Crippen LogP contribution >= 0.6 is 0 Å². The summed E-state index contributed by atoms with van der Waals surface area (Å²) in [6, 6.07) is 25.1. The van der Waals surface area contributed by atoms with Crippen LogP contribution in [0.15, 0.2) is 82.6 Å². The molecule has 0 radical (unpaired) electrons. The summed E-state index contributed by atoms with van der Waals surface area (Å²) < 4.78 is 0. The van der Waals surface area contributed by atoms with Crippen LogP contribution in [0.25, 0.3) is 0 Å². The summed E-state index contributed by atoms with van der Waals surface area (Å²) in [7, 11) is -4.29. The summed E-state index contributed by atoms with van der Waals surface area (Å²) >= 11 is 0. The largest absolute Gasteiger partial charge is 0.176 e. The van der Waals surface area contributed by atoms with E-state index in [1.54, 1.807) is 20.8 Å². The molecule has 2 atom stereocenters. The van der Waals surface area contributed by atoms with Crippen LogP contribution in [0.3, 0.4) is 0 Å². The highest BCUT2D eigenvalue weighted by atomic mass is 28.3. The van der Waals surface area contributed by atoms with Crippen LogP contribution in [0.1, 0.15) is 91.5 Å². The van der Waals surface area contributed by atoms with Crippen LogP contribution in [0.5, 0.6) is 0 Å². The van der Waals surface area contributed by atoms with Gasteiger partial charge in [-0.05, 0) is 83.6 Å². The van der Waals surface area contributed by atoms with Gasteiger partial charge in [-0.2, -0.15) is 0 Å². The summed E-state index contributed by atoms with van der Waals surface area (Å²) in [6.45, 7) is 35.9. The number of benzene rings is 3. The molecule has 0 fully saturated rings. The summed E-state index contributed by atoms with van der Waals surface area (Å²) in [4.78, 5) is 0. The highest BCUT2D eigenvalue weighted by Crippen LogP contribution is 2.42. The van der Waals surface area contributed by atoms with Crippen LogP contribution in [-0.2, 0) is 10.8 Å². The fourth-order valence-corrected chi connectivity index (χ4v) is 14.3. The van der Waals surface area contributed by atoms with Gasteiger partial charge < -0.3 is 0 Å². The fraction of sp³-hybridized carbons (Fsp3) is 0.450. The maximum atomic E-state index is 2.65. The first-order chi connectivity index (χ1) is 19.2. The smallest absolute Gasteiger partial charge is 0.0656 e. The van der Waals surface area contributed by atoms with Gasteiger partial charge in [-0.25, -0.2) is 0 Å². The molecule has 3 aromatic rings. The summed E-state index contributed by atoms with van der Waals surface area (Å²) in [5.74, 6) is 0.407. The van der Waals surface area contributed by atoms with Crippen LogP contribution in [0.2, 0.25) is 19.6 Å². The van der Waals surface area contributed by atoms with E-state index in [-0.39, 0.29) is 10.8 Å². The first-order valence-electron chi connectivity index (χ1n) is 15.9. The Morgan fingerprint density at radius 1 is 0.548 bits per heavy atom. The third-order valence-electron chi connectivity index (χ3n) is 9.96. The highest BCUT2D eigenvalue weighted by molar-refractivity contribution is 7.16. The van der Waals surface area contributed by atoms with Gasteiger partial charge in [0.15, 0.2) is 8.07 Å². The van der Waals surface area contributed by atoms with Crippen molar-refractivity contribution >= 4 is 36.9 Å². The van der Waals surface area contributed by atoms with Crippen molar-refractivity contribution in [2.24, 2.45) is 5.92 Å². The lowest BCUT2D eigenvalue weighted by Gasteiger charge is -2.41. The molecule has 0 saturated carbocycles. The Morgan fingerprint density at radius 2 is 1.02 bits per heavy atom. The molecular formula is C40H56Si2. The first kappa shape index (κ1) is 32.5. The Kier molecular flexibility index (Phi) is 8.46. The highest BCUT2D eigenvalue weighted by Gasteiger charge is 2.49. The lowest BCUT2D eigenvalue weighted by molar-refractivity contribution is 0.569. The minimum absolute atomic E-state index is 0.0492. The molecule has 0 saturated heterocycles. The van der Waals surface area contributed by atoms with E-state index in [0.717, 1.165) is 0 Å². The molecule has 1 aliphatic carbocycles. The predicted octanol–water partition coefficient (Wildman–Crippen LogP) is 8.76. The van der Waals surface area contributed by atoms with Crippen molar-refractivity contribution in [3.8, 4) is 0 Å². The van der Waals surface area contributed by atoms with Crippen molar-refractivity contribution in [1.29, 1.82) is 0 Å². The lowest BCUT2D eigenvalue weighted by atomic mass is 9.81. The quantitative estimate of drug-likeness (QED) is 0.205. The Hall–Kier alpha value is -2.43. The van der Waals surface area contributed by atoms with E-state index in [9.17, 15) is 0 Å². The van der Waals surface area contributed by atoms with Crippen LogP contribution < -0.4 is 20.7 Å². The summed E-state index contributed by atoms with van der Waals surface area (Å²) in [5.41, 5.74) is 10.2.